The van der Waals surface area contributed by atoms with Gasteiger partial charge in [0.2, 0.25) is 23.2 Å². The summed E-state index contributed by atoms with van der Waals surface area (Å²) in [4.78, 5) is 31.5. The van der Waals surface area contributed by atoms with Gasteiger partial charge in [0.25, 0.3) is 0 Å². The number of amides is 1. The van der Waals surface area contributed by atoms with Crippen molar-refractivity contribution in [2.24, 2.45) is 10.4 Å². The Morgan fingerprint density at radius 1 is 1.33 bits per heavy atom. The second-order valence-electron chi connectivity index (χ2n) is 9.14. The lowest BCUT2D eigenvalue weighted by atomic mass is 9.67. The van der Waals surface area contributed by atoms with Crippen molar-refractivity contribution < 1.29 is 10.9 Å². The molecule has 33 heavy (non-hydrogen) atoms. The normalized spacial score (nSPS) is 19.3. The average Bonchev–Trinajstić information content (AvgIpc) is 3.41. The van der Waals surface area contributed by atoms with Gasteiger partial charge in [-0.05, 0) is 31.7 Å². The van der Waals surface area contributed by atoms with Gasteiger partial charge in [0.15, 0.2) is 0 Å². The number of carbonyl (C=O) groups is 1. The van der Waals surface area contributed by atoms with Crippen molar-refractivity contribution in [3.05, 3.63) is 42.6 Å². The van der Waals surface area contributed by atoms with Gasteiger partial charge in [-0.3, -0.25) is 18.8 Å². The Morgan fingerprint density at radius 3 is 2.91 bits per heavy atom. The zero-order valence-electron chi connectivity index (χ0n) is 19.7. The minimum atomic E-state index is 0.153. The average molecular weight is 448 g/mol. The van der Waals surface area contributed by atoms with E-state index in [1.165, 1.54) is 0 Å². The zero-order chi connectivity index (χ0) is 23.4. The van der Waals surface area contributed by atoms with Crippen molar-refractivity contribution in [2.45, 2.75) is 38.6 Å². The van der Waals surface area contributed by atoms with Crippen LogP contribution in [0.2, 0.25) is 0 Å². The predicted octanol–water partition coefficient (Wildman–Crippen LogP) is 2.07. The number of aromatic amines is 1. The number of rotatable bonds is 3. The summed E-state index contributed by atoms with van der Waals surface area (Å²) in [5.41, 5.74) is 3.00. The number of aromatic nitrogens is 6. The van der Waals surface area contributed by atoms with Crippen LogP contribution < -0.4 is 10.4 Å². The fourth-order valence-corrected chi connectivity index (χ4v) is 5.15. The minimum absolute atomic E-state index is 0.153. The summed E-state index contributed by atoms with van der Waals surface area (Å²) >= 11 is 0. The van der Waals surface area contributed by atoms with E-state index in [1.807, 2.05) is 21.7 Å². The third-order valence-corrected chi connectivity index (χ3v) is 7.01. The first-order valence-electron chi connectivity index (χ1n) is 11.7. The molecule has 1 aliphatic heterocycles. The van der Waals surface area contributed by atoms with Crippen molar-refractivity contribution in [3.63, 3.8) is 0 Å². The summed E-state index contributed by atoms with van der Waals surface area (Å²) in [5, 5.41) is 3.19. The van der Waals surface area contributed by atoms with Gasteiger partial charge >= 0.3 is 0 Å². The highest BCUT2D eigenvalue weighted by atomic mass is 16.5. The molecule has 1 N–H and O–H groups in total. The lowest BCUT2D eigenvalue weighted by molar-refractivity contribution is -0.143. The highest BCUT2D eigenvalue weighted by Gasteiger charge is 2.45. The fraction of sp³-hybridized carbons (Fsp3) is 0.435. The third kappa shape index (κ3) is 3.37. The molecule has 5 heterocycles. The lowest BCUT2D eigenvalue weighted by Gasteiger charge is -2.52. The molecular formula is C23H26N8O2. The Morgan fingerprint density at radius 2 is 2.15 bits per heavy atom. The molecule has 1 spiro atoms. The van der Waals surface area contributed by atoms with Crippen LogP contribution in [0, 0.1) is 5.41 Å². The van der Waals surface area contributed by atoms with Crippen LogP contribution in [0.1, 0.15) is 34.0 Å². The van der Waals surface area contributed by atoms with Crippen molar-refractivity contribution in [1.82, 2.24) is 33.9 Å². The van der Waals surface area contributed by atoms with Crippen molar-refractivity contribution >= 4 is 17.2 Å². The van der Waals surface area contributed by atoms with Crippen LogP contribution in [-0.4, -0.2) is 66.0 Å². The number of carbonyl (C=O) groups excluding carboxylic acids is 1. The van der Waals surface area contributed by atoms with Gasteiger partial charge in [0.05, 0.1) is 14.5 Å². The largest absolute Gasteiger partial charge is 0.479 e. The van der Waals surface area contributed by atoms with Crippen LogP contribution in [0.15, 0.2) is 42.0 Å². The second-order valence-corrected chi connectivity index (χ2v) is 9.14. The first-order chi connectivity index (χ1) is 16.4. The Balaban J connectivity index is 1.32. The minimum Gasteiger partial charge on any atom is -0.479 e. The number of nitrogens with zero attached hydrogens (tertiary/aromatic N) is 7. The first-order valence-corrected chi connectivity index (χ1v) is 11.2. The van der Waals surface area contributed by atoms with E-state index in [1.54, 1.807) is 37.0 Å². The molecule has 0 bridgehead atoms. The maximum Gasteiger partial charge on any atom is 0.243 e. The number of methoxy groups -OCH3 is 1. The molecule has 4 aromatic heterocycles. The standard InChI is InChI=1S/C23H26N8O2/c1-15(32)30-13-23(14-30)6-3-17(4-7-23)26-21-27-20(33-2)19-18(5-9-31(19)28-21)16-11-25-22-24-8-10-29(22)12-16/h5,8-12,17H,3-4,6-7,13-14H2,1-2H3,(H,26,28)/i9D. The number of hydrogen-bond acceptors (Lipinski definition) is 6. The quantitative estimate of drug-likeness (QED) is 0.518. The smallest absolute Gasteiger partial charge is 0.243 e. The maximum absolute atomic E-state index is 11.5. The number of H-pyrrole nitrogens is 1. The molecule has 1 saturated carbocycles. The van der Waals surface area contributed by atoms with Crippen LogP contribution in [0.5, 0.6) is 5.88 Å². The fourth-order valence-electron chi connectivity index (χ4n) is 5.15. The Hall–Kier alpha value is -3.69. The molecule has 2 aliphatic rings. The monoisotopic (exact) mass is 447 g/mol. The van der Waals surface area contributed by atoms with Crippen LogP contribution in [0.4, 0.5) is 0 Å². The van der Waals surface area contributed by atoms with Crippen LogP contribution in [0.25, 0.3) is 22.4 Å². The van der Waals surface area contributed by atoms with Gasteiger partial charge in [-0.15, -0.1) is 0 Å². The Bertz CT molecular complexity index is 1470. The third-order valence-electron chi connectivity index (χ3n) is 7.01. The van der Waals surface area contributed by atoms with E-state index in [2.05, 4.69) is 20.1 Å². The van der Waals surface area contributed by atoms with Crippen molar-refractivity contribution in [3.8, 4) is 17.0 Å². The maximum atomic E-state index is 11.5. The molecule has 4 aromatic rings. The molecule has 1 amide bonds. The molecule has 0 radical (unpaired) electrons. The molecule has 10 heteroatoms. The summed E-state index contributed by atoms with van der Waals surface area (Å²) < 4.78 is 17.6. The summed E-state index contributed by atoms with van der Waals surface area (Å²) in [6.45, 7) is 3.37. The second kappa shape index (κ2) is 7.43. The first kappa shape index (κ1) is 18.8. The molecular weight excluding hydrogens is 420 g/mol. The number of likely N-dealkylation sites (tertiary alicyclic amines) is 1. The summed E-state index contributed by atoms with van der Waals surface area (Å²) in [6.07, 6.45) is 11.5. The van der Waals surface area contributed by atoms with E-state index in [0.717, 1.165) is 49.9 Å². The van der Waals surface area contributed by atoms with Crippen LogP contribution >= 0.6 is 0 Å². The molecule has 0 aromatic carbocycles. The van der Waals surface area contributed by atoms with E-state index in [4.69, 9.17) is 11.1 Å². The zero-order valence-corrected chi connectivity index (χ0v) is 18.7. The van der Waals surface area contributed by atoms with E-state index in [0.29, 0.717) is 22.8 Å². The van der Waals surface area contributed by atoms with Crippen LogP contribution in [0.3, 0.4) is 0 Å². The number of fused-ring (bicyclic) bond motifs is 2. The predicted molar refractivity (Wildman–Crippen MR) is 121 cm³/mol. The molecule has 0 atom stereocenters. The molecule has 1 saturated heterocycles. The van der Waals surface area contributed by atoms with Gasteiger partial charge in [-0.2, -0.15) is 4.98 Å². The molecule has 6 rings (SSSR count). The van der Waals surface area contributed by atoms with Gasteiger partial charge in [-0.25, -0.2) is 15.0 Å². The summed E-state index contributed by atoms with van der Waals surface area (Å²) in [7, 11) is 1.57. The number of nitrogens with one attached hydrogen (secondary N) is 1. The summed E-state index contributed by atoms with van der Waals surface area (Å²) in [5.74, 6) is 1.18. The Labute approximate surface area is 191 Å². The molecule has 0 unspecified atom stereocenters. The number of imidazole rings is 1. The number of ether oxygens (including phenoxy) is 1. The molecule has 170 valence electrons. The van der Waals surface area contributed by atoms with Gasteiger partial charge in [0.1, 0.15) is 5.52 Å². The molecule has 10 nitrogen and oxygen atoms in total. The molecule has 2 fully saturated rings. The van der Waals surface area contributed by atoms with Gasteiger partial charge in [0, 0.05) is 67.5 Å². The summed E-state index contributed by atoms with van der Waals surface area (Å²) in [6, 6.07) is 1.92. The van der Waals surface area contributed by atoms with E-state index < -0.39 is 0 Å². The van der Waals surface area contributed by atoms with E-state index >= 15 is 0 Å². The van der Waals surface area contributed by atoms with Gasteiger partial charge in [-0.1, -0.05) is 0 Å². The van der Waals surface area contributed by atoms with Crippen molar-refractivity contribution in [2.75, 3.05) is 20.2 Å². The van der Waals surface area contributed by atoms with Crippen molar-refractivity contribution in [1.29, 1.82) is 0 Å². The Kier molecular flexibility index (Phi) is 4.24. The topological polar surface area (TPSA) is 105 Å². The molecule has 1 aliphatic carbocycles. The lowest BCUT2D eigenvalue weighted by Crippen LogP contribution is -2.59. The van der Waals surface area contributed by atoms with E-state index in [-0.39, 0.29) is 23.5 Å². The highest BCUT2D eigenvalue weighted by Crippen LogP contribution is 2.44. The van der Waals surface area contributed by atoms with E-state index in [9.17, 15) is 4.79 Å². The SMILES string of the molecule is [2H]c1cc(-c2cnc3nccn3c2)c2c(OC)nc(=NC3CCC4(CC3)CN(C(C)=O)C4)[nH]n12. The highest BCUT2D eigenvalue weighted by molar-refractivity contribution is 5.83. The number of hydrogen-bond donors (Lipinski definition) is 1. The van der Waals surface area contributed by atoms with Crippen LogP contribution in [-0.2, 0) is 4.79 Å². The van der Waals surface area contributed by atoms with Gasteiger partial charge < -0.3 is 9.64 Å².